The van der Waals surface area contributed by atoms with Gasteiger partial charge < -0.3 is 24.6 Å². The summed E-state index contributed by atoms with van der Waals surface area (Å²) >= 11 is 6.10. The molecule has 1 aromatic heterocycles. The van der Waals surface area contributed by atoms with Gasteiger partial charge in [0.1, 0.15) is 12.7 Å². The van der Waals surface area contributed by atoms with Crippen molar-refractivity contribution in [2.75, 3.05) is 27.4 Å². The average Bonchev–Trinajstić information content (AvgIpc) is 2.74. The van der Waals surface area contributed by atoms with Gasteiger partial charge in [0.25, 0.3) is 5.91 Å². The summed E-state index contributed by atoms with van der Waals surface area (Å²) in [5, 5.41) is 14.1. The number of halogens is 1. The first kappa shape index (κ1) is 20.7. The fourth-order valence-electron chi connectivity index (χ4n) is 2.83. The van der Waals surface area contributed by atoms with Gasteiger partial charge in [0.15, 0.2) is 11.5 Å². The van der Waals surface area contributed by atoms with Gasteiger partial charge in [0.2, 0.25) is 5.75 Å². The van der Waals surface area contributed by atoms with E-state index >= 15 is 0 Å². The normalized spacial score (nSPS) is 11.7. The third kappa shape index (κ3) is 4.88. The van der Waals surface area contributed by atoms with Crippen molar-refractivity contribution in [1.82, 2.24) is 10.3 Å². The molecule has 1 heterocycles. The van der Waals surface area contributed by atoms with Crippen molar-refractivity contribution in [3.63, 3.8) is 0 Å². The molecule has 1 unspecified atom stereocenters. The van der Waals surface area contributed by atoms with Gasteiger partial charge >= 0.3 is 0 Å². The molecule has 1 amide bonds. The number of hydrogen-bond donors (Lipinski definition) is 2. The van der Waals surface area contributed by atoms with Gasteiger partial charge in [-0.05, 0) is 30.3 Å². The van der Waals surface area contributed by atoms with E-state index in [-0.39, 0.29) is 19.1 Å². The first-order valence-corrected chi connectivity index (χ1v) is 9.25. The van der Waals surface area contributed by atoms with Crippen LogP contribution in [-0.4, -0.2) is 49.5 Å². The molecule has 152 valence electrons. The van der Waals surface area contributed by atoms with Gasteiger partial charge in [-0.15, -0.1) is 0 Å². The Labute approximate surface area is 173 Å². The summed E-state index contributed by atoms with van der Waals surface area (Å²) in [4.78, 5) is 16.8. The second kappa shape index (κ2) is 9.45. The minimum atomic E-state index is -0.952. The number of aliphatic hydroxyl groups is 1. The van der Waals surface area contributed by atoms with E-state index in [0.29, 0.717) is 33.4 Å². The van der Waals surface area contributed by atoms with Crippen molar-refractivity contribution in [3.8, 4) is 17.2 Å². The Morgan fingerprint density at radius 1 is 1.17 bits per heavy atom. The van der Waals surface area contributed by atoms with Gasteiger partial charge in [0.05, 0.1) is 25.3 Å². The number of pyridine rings is 1. The summed E-state index contributed by atoms with van der Waals surface area (Å²) < 4.78 is 16.2. The third-order valence-corrected chi connectivity index (χ3v) is 4.43. The fraction of sp³-hybridized carbons (Fsp3) is 0.238. The second-order valence-electron chi connectivity index (χ2n) is 6.19. The van der Waals surface area contributed by atoms with E-state index in [0.717, 1.165) is 5.39 Å². The molecule has 0 aliphatic carbocycles. The predicted octanol–water partition coefficient (Wildman–Crippen LogP) is 3.08. The quantitative estimate of drug-likeness (QED) is 0.586. The highest BCUT2D eigenvalue weighted by Crippen LogP contribution is 2.36. The Morgan fingerprint density at radius 3 is 2.59 bits per heavy atom. The Bertz CT molecular complexity index is 989. The van der Waals surface area contributed by atoms with E-state index in [4.69, 9.17) is 25.8 Å². The van der Waals surface area contributed by atoms with E-state index in [9.17, 15) is 9.90 Å². The standard InChI is InChI=1S/C21H21ClN2O5/c1-27-17-6-3-7-18(28-2)20(17)29-12-15(25)11-24-21(26)16-10-14(22)9-13-5-4-8-23-19(13)16/h3-10,15,25H,11-12H2,1-2H3,(H,24,26). The summed E-state index contributed by atoms with van der Waals surface area (Å²) in [6, 6.07) is 12.1. The first-order valence-electron chi connectivity index (χ1n) is 8.87. The summed E-state index contributed by atoms with van der Waals surface area (Å²) in [7, 11) is 3.03. The number of aliphatic hydroxyl groups excluding tert-OH is 1. The maximum atomic E-state index is 12.6. The van der Waals surface area contributed by atoms with Crippen LogP contribution in [0.15, 0.2) is 48.7 Å². The van der Waals surface area contributed by atoms with Crippen LogP contribution < -0.4 is 19.5 Å². The minimum absolute atomic E-state index is 0.0167. The Morgan fingerprint density at radius 2 is 1.90 bits per heavy atom. The van der Waals surface area contributed by atoms with Crippen molar-refractivity contribution in [2.45, 2.75) is 6.10 Å². The minimum Gasteiger partial charge on any atom is -0.493 e. The Kier molecular flexibility index (Phi) is 6.74. The topological polar surface area (TPSA) is 89.9 Å². The van der Waals surface area contributed by atoms with Gasteiger partial charge in [-0.2, -0.15) is 0 Å². The van der Waals surface area contributed by atoms with Crippen molar-refractivity contribution in [3.05, 3.63) is 59.2 Å². The fourth-order valence-corrected chi connectivity index (χ4v) is 3.06. The van der Waals surface area contributed by atoms with Crippen LogP contribution in [0.3, 0.4) is 0 Å². The molecule has 29 heavy (non-hydrogen) atoms. The molecule has 2 N–H and O–H groups in total. The molecule has 0 aliphatic rings. The summed E-state index contributed by atoms with van der Waals surface area (Å²) in [5.74, 6) is 0.965. The number of para-hydroxylation sites is 1. The predicted molar refractivity (Wildman–Crippen MR) is 110 cm³/mol. The van der Waals surface area contributed by atoms with E-state index in [1.165, 1.54) is 14.2 Å². The zero-order chi connectivity index (χ0) is 20.8. The molecule has 1 atom stereocenters. The molecule has 0 fully saturated rings. The summed E-state index contributed by atoms with van der Waals surface area (Å²) in [6.45, 7) is -0.0807. The molecule has 0 saturated carbocycles. The lowest BCUT2D eigenvalue weighted by Crippen LogP contribution is -2.35. The van der Waals surface area contributed by atoms with Crippen LogP contribution in [0.25, 0.3) is 10.9 Å². The maximum absolute atomic E-state index is 12.6. The molecule has 7 nitrogen and oxygen atoms in total. The van der Waals surface area contributed by atoms with Crippen LogP contribution in [0.2, 0.25) is 5.02 Å². The van der Waals surface area contributed by atoms with Gasteiger partial charge in [-0.25, -0.2) is 0 Å². The molecule has 0 radical (unpaired) electrons. The number of aromatic nitrogens is 1. The van der Waals surface area contributed by atoms with Gasteiger partial charge in [-0.1, -0.05) is 23.7 Å². The van der Waals surface area contributed by atoms with Crippen LogP contribution in [0, 0.1) is 0 Å². The second-order valence-corrected chi connectivity index (χ2v) is 6.63. The lowest BCUT2D eigenvalue weighted by Gasteiger charge is -2.17. The van der Waals surface area contributed by atoms with Crippen molar-refractivity contribution < 1.29 is 24.1 Å². The van der Waals surface area contributed by atoms with Gasteiger partial charge in [0, 0.05) is 23.2 Å². The molecule has 0 bridgehead atoms. The van der Waals surface area contributed by atoms with Crippen LogP contribution in [-0.2, 0) is 0 Å². The Balaban J connectivity index is 1.63. The highest BCUT2D eigenvalue weighted by Gasteiger charge is 2.16. The highest BCUT2D eigenvalue weighted by molar-refractivity contribution is 6.32. The number of benzene rings is 2. The molecule has 3 aromatic rings. The van der Waals surface area contributed by atoms with Crippen LogP contribution in [0.4, 0.5) is 0 Å². The summed E-state index contributed by atoms with van der Waals surface area (Å²) in [6.07, 6.45) is 0.656. The zero-order valence-corrected chi connectivity index (χ0v) is 16.8. The third-order valence-electron chi connectivity index (χ3n) is 4.22. The molecular formula is C21H21ClN2O5. The number of nitrogens with one attached hydrogen (secondary N) is 1. The number of carbonyl (C=O) groups excluding carboxylic acids is 1. The molecule has 0 aliphatic heterocycles. The lowest BCUT2D eigenvalue weighted by molar-refractivity contribution is 0.0835. The van der Waals surface area contributed by atoms with Crippen LogP contribution in [0.5, 0.6) is 17.2 Å². The number of ether oxygens (including phenoxy) is 3. The lowest BCUT2D eigenvalue weighted by atomic mass is 10.1. The number of rotatable bonds is 8. The number of hydrogen-bond acceptors (Lipinski definition) is 6. The molecule has 3 rings (SSSR count). The van der Waals surface area contributed by atoms with E-state index in [2.05, 4.69) is 10.3 Å². The first-order chi connectivity index (χ1) is 14.0. The molecule has 0 saturated heterocycles. The van der Waals surface area contributed by atoms with Gasteiger partial charge in [-0.3, -0.25) is 9.78 Å². The highest BCUT2D eigenvalue weighted by atomic mass is 35.5. The van der Waals surface area contributed by atoms with E-state index < -0.39 is 6.10 Å². The number of nitrogens with zero attached hydrogens (tertiary/aromatic N) is 1. The van der Waals surface area contributed by atoms with Crippen LogP contribution >= 0.6 is 11.6 Å². The van der Waals surface area contributed by atoms with Crippen molar-refractivity contribution >= 4 is 28.4 Å². The SMILES string of the molecule is COc1cccc(OC)c1OCC(O)CNC(=O)c1cc(Cl)cc2cccnc12. The number of carbonyl (C=O) groups is 1. The Hall–Kier alpha value is -3.03. The largest absolute Gasteiger partial charge is 0.493 e. The molecule has 0 spiro atoms. The van der Waals surface area contributed by atoms with E-state index in [1.807, 2.05) is 6.07 Å². The van der Waals surface area contributed by atoms with Crippen molar-refractivity contribution in [2.24, 2.45) is 0 Å². The molecule has 2 aromatic carbocycles. The van der Waals surface area contributed by atoms with Crippen LogP contribution in [0.1, 0.15) is 10.4 Å². The molecular weight excluding hydrogens is 396 g/mol. The molecule has 8 heteroatoms. The smallest absolute Gasteiger partial charge is 0.253 e. The van der Waals surface area contributed by atoms with Crippen molar-refractivity contribution in [1.29, 1.82) is 0 Å². The summed E-state index contributed by atoms with van der Waals surface area (Å²) in [5.41, 5.74) is 0.881. The zero-order valence-electron chi connectivity index (χ0n) is 16.0. The maximum Gasteiger partial charge on any atom is 0.253 e. The monoisotopic (exact) mass is 416 g/mol. The number of methoxy groups -OCH3 is 2. The number of fused-ring (bicyclic) bond motifs is 1. The number of amides is 1. The van der Waals surface area contributed by atoms with E-state index in [1.54, 1.807) is 42.6 Å². The average molecular weight is 417 g/mol.